The molecule has 1 rings (SSSR count). The van der Waals surface area contributed by atoms with E-state index in [-0.39, 0.29) is 5.84 Å². The summed E-state index contributed by atoms with van der Waals surface area (Å²) < 4.78 is 5.39. The second-order valence-corrected chi connectivity index (χ2v) is 4.41. The van der Waals surface area contributed by atoms with Gasteiger partial charge in [0.15, 0.2) is 0 Å². The highest BCUT2D eigenvalue weighted by molar-refractivity contribution is 5.94. The van der Waals surface area contributed by atoms with Crippen molar-refractivity contribution >= 4 is 5.84 Å². The van der Waals surface area contributed by atoms with Gasteiger partial charge in [-0.3, -0.25) is 5.41 Å². The van der Waals surface area contributed by atoms with E-state index in [1.165, 1.54) is 5.56 Å². The molecular weight excluding hydrogens is 212 g/mol. The van der Waals surface area contributed by atoms with Crippen LogP contribution in [-0.4, -0.2) is 19.0 Å². The summed E-state index contributed by atoms with van der Waals surface area (Å²) in [5, 5.41) is 7.31. The molecule has 1 unspecified atom stereocenters. The molecule has 0 spiro atoms. The van der Waals surface area contributed by atoms with Crippen LogP contribution in [0.25, 0.3) is 0 Å². The molecule has 17 heavy (non-hydrogen) atoms. The van der Waals surface area contributed by atoms with Crippen molar-refractivity contribution in [3.63, 3.8) is 0 Å². The third-order valence-corrected chi connectivity index (χ3v) is 2.80. The van der Waals surface area contributed by atoms with Gasteiger partial charge >= 0.3 is 0 Å². The minimum Gasteiger partial charge on any atom is -0.384 e. The molecule has 1 atom stereocenters. The summed E-state index contributed by atoms with van der Waals surface area (Å²) in [5.41, 5.74) is 7.49. The van der Waals surface area contributed by atoms with E-state index in [0.29, 0.717) is 5.92 Å². The lowest BCUT2D eigenvalue weighted by Crippen LogP contribution is -2.11. The first-order valence-electron chi connectivity index (χ1n) is 6.14. The fourth-order valence-corrected chi connectivity index (χ4v) is 1.67. The number of nitrogens with two attached hydrogens (primary N) is 1. The number of nitrogens with one attached hydrogen (secondary N) is 1. The van der Waals surface area contributed by atoms with Crippen molar-refractivity contribution in [1.29, 1.82) is 5.41 Å². The lowest BCUT2D eigenvalue weighted by Gasteiger charge is -2.11. The molecule has 3 nitrogen and oxygen atoms in total. The maximum absolute atomic E-state index is 7.31. The van der Waals surface area contributed by atoms with Gasteiger partial charge in [0.05, 0.1) is 0 Å². The molecule has 0 saturated carbocycles. The minimum absolute atomic E-state index is 0.126. The van der Waals surface area contributed by atoms with Crippen molar-refractivity contribution in [2.45, 2.75) is 26.7 Å². The first-order chi connectivity index (χ1) is 8.13. The number of ether oxygens (including phenoxy) is 1. The summed E-state index contributed by atoms with van der Waals surface area (Å²) in [5.74, 6) is 0.712. The molecule has 1 aromatic rings. The topological polar surface area (TPSA) is 59.1 Å². The van der Waals surface area contributed by atoms with Crippen LogP contribution in [0.2, 0.25) is 0 Å². The molecule has 0 aromatic heterocycles. The van der Waals surface area contributed by atoms with Crippen molar-refractivity contribution in [1.82, 2.24) is 0 Å². The zero-order valence-electron chi connectivity index (χ0n) is 10.7. The van der Waals surface area contributed by atoms with Crippen LogP contribution in [0.1, 0.15) is 31.4 Å². The molecule has 0 aliphatic heterocycles. The zero-order valence-corrected chi connectivity index (χ0v) is 10.7. The van der Waals surface area contributed by atoms with Gasteiger partial charge in [-0.1, -0.05) is 31.2 Å². The Morgan fingerprint density at radius 3 is 2.53 bits per heavy atom. The molecule has 1 aromatic carbocycles. The monoisotopic (exact) mass is 234 g/mol. The summed E-state index contributed by atoms with van der Waals surface area (Å²) >= 11 is 0. The zero-order chi connectivity index (χ0) is 12.7. The molecule has 0 aliphatic rings. The Labute approximate surface area is 103 Å². The highest BCUT2D eigenvalue weighted by atomic mass is 16.5. The maximum atomic E-state index is 7.31. The van der Waals surface area contributed by atoms with Gasteiger partial charge in [-0.15, -0.1) is 0 Å². The van der Waals surface area contributed by atoms with Crippen LogP contribution in [0.5, 0.6) is 0 Å². The SMILES string of the molecule is CCOCC(C)CCc1ccc(C(=N)N)cc1. The van der Waals surface area contributed by atoms with Crippen molar-refractivity contribution in [3.8, 4) is 0 Å². The van der Waals surface area contributed by atoms with Gasteiger partial charge in [-0.05, 0) is 31.2 Å². The van der Waals surface area contributed by atoms with E-state index in [4.69, 9.17) is 15.9 Å². The van der Waals surface area contributed by atoms with Gasteiger partial charge in [-0.25, -0.2) is 0 Å². The quantitative estimate of drug-likeness (QED) is 0.562. The van der Waals surface area contributed by atoms with E-state index in [0.717, 1.165) is 31.6 Å². The largest absolute Gasteiger partial charge is 0.384 e. The van der Waals surface area contributed by atoms with Gasteiger partial charge < -0.3 is 10.5 Å². The Bertz CT molecular complexity index is 346. The number of amidine groups is 1. The van der Waals surface area contributed by atoms with Gasteiger partial charge in [0, 0.05) is 18.8 Å². The van der Waals surface area contributed by atoms with Gasteiger partial charge in [0.2, 0.25) is 0 Å². The van der Waals surface area contributed by atoms with Crippen LogP contribution in [0.3, 0.4) is 0 Å². The molecule has 0 radical (unpaired) electrons. The third-order valence-electron chi connectivity index (χ3n) is 2.80. The van der Waals surface area contributed by atoms with E-state index in [9.17, 15) is 0 Å². The lowest BCUT2D eigenvalue weighted by atomic mass is 10.0. The number of hydrogen-bond acceptors (Lipinski definition) is 2. The molecule has 3 heteroatoms. The molecule has 0 fully saturated rings. The van der Waals surface area contributed by atoms with Crippen LogP contribution < -0.4 is 5.73 Å². The Morgan fingerprint density at radius 2 is 2.00 bits per heavy atom. The highest BCUT2D eigenvalue weighted by Crippen LogP contribution is 2.11. The molecule has 0 saturated heterocycles. The molecule has 0 amide bonds. The number of rotatable bonds is 7. The molecule has 94 valence electrons. The highest BCUT2D eigenvalue weighted by Gasteiger charge is 2.03. The average Bonchev–Trinajstić information content (AvgIpc) is 2.34. The lowest BCUT2D eigenvalue weighted by molar-refractivity contribution is 0.113. The molecule has 3 N–H and O–H groups in total. The van der Waals surface area contributed by atoms with E-state index >= 15 is 0 Å². The van der Waals surface area contributed by atoms with Crippen LogP contribution in [-0.2, 0) is 11.2 Å². The Hall–Kier alpha value is -1.35. The van der Waals surface area contributed by atoms with Crippen LogP contribution >= 0.6 is 0 Å². The van der Waals surface area contributed by atoms with E-state index in [1.807, 2.05) is 31.2 Å². The van der Waals surface area contributed by atoms with E-state index in [1.54, 1.807) is 0 Å². The summed E-state index contributed by atoms with van der Waals surface area (Å²) in [6.45, 7) is 5.85. The Morgan fingerprint density at radius 1 is 1.35 bits per heavy atom. The van der Waals surface area contributed by atoms with Crippen molar-refractivity contribution in [3.05, 3.63) is 35.4 Å². The van der Waals surface area contributed by atoms with Crippen LogP contribution in [0, 0.1) is 11.3 Å². The van der Waals surface area contributed by atoms with E-state index in [2.05, 4.69) is 6.92 Å². The Balaban J connectivity index is 2.39. The fraction of sp³-hybridized carbons (Fsp3) is 0.500. The fourth-order valence-electron chi connectivity index (χ4n) is 1.67. The number of benzene rings is 1. The first kappa shape index (κ1) is 13.7. The minimum atomic E-state index is 0.126. The maximum Gasteiger partial charge on any atom is 0.122 e. The van der Waals surface area contributed by atoms with Crippen LogP contribution in [0.4, 0.5) is 0 Å². The van der Waals surface area contributed by atoms with Crippen LogP contribution in [0.15, 0.2) is 24.3 Å². The summed E-state index contributed by atoms with van der Waals surface area (Å²) in [6, 6.07) is 7.91. The van der Waals surface area contributed by atoms with Gasteiger partial charge in [0.1, 0.15) is 5.84 Å². The molecular formula is C14H22N2O. The molecule has 0 heterocycles. The number of aryl methyl sites for hydroxylation is 1. The van der Waals surface area contributed by atoms with Crippen molar-refractivity contribution in [2.75, 3.05) is 13.2 Å². The molecule has 0 aliphatic carbocycles. The summed E-state index contributed by atoms with van der Waals surface area (Å²) in [4.78, 5) is 0. The van der Waals surface area contributed by atoms with Gasteiger partial charge in [-0.2, -0.15) is 0 Å². The summed E-state index contributed by atoms with van der Waals surface area (Å²) in [7, 11) is 0. The van der Waals surface area contributed by atoms with Crippen molar-refractivity contribution < 1.29 is 4.74 Å². The van der Waals surface area contributed by atoms with E-state index < -0.39 is 0 Å². The molecule has 0 bridgehead atoms. The third kappa shape index (κ3) is 5.00. The number of hydrogen-bond donors (Lipinski definition) is 2. The standard InChI is InChI=1S/C14H22N2O/c1-3-17-10-11(2)4-5-12-6-8-13(9-7-12)14(15)16/h6-9,11H,3-5,10H2,1-2H3,(H3,15,16). The smallest absolute Gasteiger partial charge is 0.122 e. The average molecular weight is 234 g/mol. The van der Waals surface area contributed by atoms with Crippen molar-refractivity contribution in [2.24, 2.45) is 11.7 Å². The predicted octanol–water partition coefficient (Wildman–Crippen LogP) is 2.58. The normalized spacial score (nSPS) is 12.4. The second-order valence-electron chi connectivity index (χ2n) is 4.41. The second kappa shape index (κ2) is 7.07. The Kier molecular flexibility index (Phi) is 5.70. The van der Waals surface area contributed by atoms with Gasteiger partial charge in [0.25, 0.3) is 0 Å². The first-order valence-corrected chi connectivity index (χ1v) is 6.14. The summed E-state index contributed by atoms with van der Waals surface area (Å²) in [6.07, 6.45) is 2.17. The number of nitrogen functional groups attached to an aromatic ring is 1. The predicted molar refractivity (Wildman–Crippen MR) is 71.4 cm³/mol.